The van der Waals surface area contributed by atoms with E-state index in [2.05, 4.69) is 13.8 Å². The van der Waals surface area contributed by atoms with Crippen molar-refractivity contribution in [1.82, 2.24) is 0 Å². The smallest absolute Gasteiger partial charge is 0.504 e. The zero-order valence-corrected chi connectivity index (χ0v) is 13.0. The van der Waals surface area contributed by atoms with E-state index in [9.17, 15) is 9.90 Å². The molecule has 1 aromatic carbocycles. The van der Waals surface area contributed by atoms with E-state index in [0.29, 0.717) is 0 Å². The summed E-state index contributed by atoms with van der Waals surface area (Å²) in [7, 11) is 0. The third-order valence-corrected chi connectivity index (χ3v) is 3.37. The van der Waals surface area contributed by atoms with Crippen LogP contribution in [-0.4, -0.2) is 16.4 Å². The normalized spacial score (nSPS) is 11.4. The molecule has 0 atom stereocenters. The van der Waals surface area contributed by atoms with Crippen LogP contribution in [0.3, 0.4) is 0 Å². The molecule has 0 unspecified atom stereocenters. The van der Waals surface area contributed by atoms with Gasteiger partial charge in [-0.05, 0) is 23.3 Å². The second-order valence-electron chi connectivity index (χ2n) is 5.98. The quantitative estimate of drug-likeness (QED) is 0.613. The van der Waals surface area contributed by atoms with E-state index in [1.54, 1.807) is 0 Å². The summed E-state index contributed by atoms with van der Waals surface area (Å²) in [6, 6.07) is 1.96. The number of benzene rings is 1. The third kappa shape index (κ3) is 3.24. The van der Waals surface area contributed by atoms with Crippen LogP contribution in [0.15, 0.2) is 6.07 Å². The van der Waals surface area contributed by atoms with Crippen molar-refractivity contribution < 1.29 is 19.7 Å². The molecule has 4 heteroatoms. The van der Waals surface area contributed by atoms with Crippen molar-refractivity contribution in [1.29, 1.82) is 0 Å². The Morgan fingerprint density at radius 3 is 1.85 bits per heavy atom. The zero-order chi connectivity index (χ0) is 15.6. The van der Waals surface area contributed by atoms with E-state index >= 15 is 0 Å². The van der Waals surface area contributed by atoms with Crippen LogP contribution < -0.4 is 4.74 Å². The molecular weight excluding hydrogens is 256 g/mol. The predicted octanol–water partition coefficient (Wildman–Crippen LogP) is 4.82. The first-order valence-corrected chi connectivity index (χ1v) is 6.97. The topological polar surface area (TPSA) is 66.8 Å². The van der Waals surface area contributed by atoms with E-state index in [0.717, 1.165) is 16.7 Å². The SMILES string of the molecule is CC(C)c1cc(C(C)C)c(C(C)C)c(O)c1OC(=O)O. The van der Waals surface area contributed by atoms with Gasteiger partial charge in [0.15, 0.2) is 11.5 Å². The summed E-state index contributed by atoms with van der Waals surface area (Å²) in [6.45, 7) is 12.0. The molecule has 1 aromatic rings. The van der Waals surface area contributed by atoms with Crippen molar-refractivity contribution in [3.8, 4) is 11.5 Å². The maximum Gasteiger partial charge on any atom is 0.511 e. The van der Waals surface area contributed by atoms with Crippen molar-refractivity contribution in [3.05, 3.63) is 22.8 Å². The van der Waals surface area contributed by atoms with Crippen molar-refractivity contribution in [3.63, 3.8) is 0 Å². The average molecular weight is 280 g/mol. The minimum atomic E-state index is -1.41. The Morgan fingerprint density at radius 2 is 1.50 bits per heavy atom. The van der Waals surface area contributed by atoms with Gasteiger partial charge in [0.05, 0.1) is 0 Å². The molecule has 0 saturated carbocycles. The molecular formula is C16H24O4. The molecule has 0 spiro atoms. The Morgan fingerprint density at radius 1 is 1.00 bits per heavy atom. The molecule has 0 aliphatic heterocycles. The molecule has 0 aliphatic rings. The highest BCUT2D eigenvalue weighted by Gasteiger charge is 2.24. The molecule has 0 aliphatic carbocycles. The second kappa shape index (κ2) is 6.16. The van der Waals surface area contributed by atoms with Gasteiger partial charge in [-0.2, -0.15) is 0 Å². The fourth-order valence-corrected chi connectivity index (χ4v) is 2.41. The van der Waals surface area contributed by atoms with Gasteiger partial charge in [0.2, 0.25) is 0 Å². The maximum atomic E-state index is 10.9. The predicted molar refractivity (Wildman–Crippen MR) is 79.0 cm³/mol. The van der Waals surface area contributed by atoms with Crippen molar-refractivity contribution >= 4 is 6.16 Å². The number of hydrogen-bond donors (Lipinski definition) is 2. The monoisotopic (exact) mass is 280 g/mol. The average Bonchev–Trinajstić information content (AvgIpc) is 2.29. The van der Waals surface area contributed by atoms with Gasteiger partial charge in [-0.15, -0.1) is 0 Å². The number of rotatable bonds is 4. The summed E-state index contributed by atoms with van der Waals surface area (Å²) < 4.78 is 4.83. The van der Waals surface area contributed by atoms with Crippen LogP contribution in [0, 0.1) is 0 Å². The molecule has 0 saturated heterocycles. The van der Waals surface area contributed by atoms with Crippen LogP contribution in [0.25, 0.3) is 0 Å². The number of phenols is 1. The van der Waals surface area contributed by atoms with Gasteiger partial charge in [-0.1, -0.05) is 47.6 Å². The van der Waals surface area contributed by atoms with Crippen molar-refractivity contribution in [2.45, 2.75) is 59.3 Å². The second-order valence-corrected chi connectivity index (χ2v) is 5.98. The molecule has 0 fully saturated rings. The standard InChI is InChI=1S/C16H24O4/c1-8(2)11-7-12(9(3)4)15(20-16(18)19)14(17)13(11)10(5)6/h7-10,17H,1-6H3,(H,18,19). The molecule has 0 heterocycles. The number of carboxylic acid groups (broad SMARTS) is 1. The molecule has 0 amide bonds. The summed E-state index contributed by atoms with van der Waals surface area (Å²) in [5.41, 5.74) is 2.53. The molecule has 4 nitrogen and oxygen atoms in total. The molecule has 112 valence electrons. The van der Waals surface area contributed by atoms with E-state index in [4.69, 9.17) is 9.84 Å². The number of phenolic OH excluding ortho intramolecular Hbond substituents is 1. The third-order valence-electron chi connectivity index (χ3n) is 3.37. The number of aromatic hydroxyl groups is 1. The van der Waals surface area contributed by atoms with E-state index in [1.165, 1.54) is 0 Å². The fraction of sp³-hybridized carbons (Fsp3) is 0.562. The van der Waals surface area contributed by atoms with E-state index in [-0.39, 0.29) is 29.3 Å². The largest absolute Gasteiger partial charge is 0.511 e. The molecule has 2 N–H and O–H groups in total. The van der Waals surface area contributed by atoms with Crippen LogP contribution in [0.2, 0.25) is 0 Å². The molecule has 0 bridgehead atoms. The lowest BCUT2D eigenvalue weighted by atomic mass is 9.85. The zero-order valence-electron chi connectivity index (χ0n) is 13.0. The fourth-order valence-electron chi connectivity index (χ4n) is 2.41. The number of ether oxygens (including phenoxy) is 1. The van der Waals surface area contributed by atoms with Crippen LogP contribution in [0.1, 0.15) is 76.0 Å². The van der Waals surface area contributed by atoms with Crippen LogP contribution >= 0.6 is 0 Å². The Labute approximate surface area is 120 Å². The minimum Gasteiger partial charge on any atom is -0.504 e. The summed E-state index contributed by atoms with van der Waals surface area (Å²) in [6.07, 6.45) is -1.41. The first kappa shape index (κ1) is 16.3. The Bertz CT molecular complexity index is 502. The minimum absolute atomic E-state index is 0.0442. The highest BCUT2D eigenvalue weighted by molar-refractivity contribution is 5.67. The van der Waals surface area contributed by atoms with Crippen molar-refractivity contribution in [2.24, 2.45) is 0 Å². The van der Waals surface area contributed by atoms with Crippen LogP contribution in [0.4, 0.5) is 4.79 Å². The Balaban J connectivity index is 3.65. The van der Waals surface area contributed by atoms with Gasteiger partial charge in [-0.25, -0.2) is 4.79 Å². The number of hydrogen-bond acceptors (Lipinski definition) is 3. The van der Waals surface area contributed by atoms with E-state index in [1.807, 2.05) is 33.8 Å². The number of carbonyl (C=O) groups is 1. The van der Waals surface area contributed by atoms with Gasteiger partial charge >= 0.3 is 6.16 Å². The van der Waals surface area contributed by atoms with Gasteiger partial charge in [0.1, 0.15) is 0 Å². The molecule has 1 rings (SSSR count). The first-order chi connectivity index (χ1) is 9.16. The van der Waals surface area contributed by atoms with Gasteiger partial charge in [0.25, 0.3) is 0 Å². The first-order valence-electron chi connectivity index (χ1n) is 6.97. The molecule has 20 heavy (non-hydrogen) atoms. The Hall–Kier alpha value is -1.71. The Kier molecular flexibility index (Phi) is 5.03. The highest BCUT2D eigenvalue weighted by atomic mass is 16.7. The summed E-state index contributed by atoms with van der Waals surface area (Å²) in [5.74, 6) is 0.422. The van der Waals surface area contributed by atoms with Gasteiger partial charge < -0.3 is 14.9 Å². The molecule has 0 radical (unpaired) electrons. The highest BCUT2D eigenvalue weighted by Crippen LogP contribution is 2.44. The lowest BCUT2D eigenvalue weighted by Crippen LogP contribution is -2.10. The van der Waals surface area contributed by atoms with Gasteiger partial charge in [0, 0.05) is 11.1 Å². The van der Waals surface area contributed by atoms with Gasteiger partial charge in [-0.3, -0.25) is 0 Å². The van der Waals surface area contributed by atoms with E-state index < -0.39 is 6.16 Å². The maximum absolute atomic E-state index is 10.9. The summed E-state index contributed by atoms with van der Waals surface area (Å²) >= 11 is 0. The van der Waals surface area contributed by atoms with Crippen LogP contribution in [-0.2, 0) is 0 Å². The van der Waals surface area contributed by atoms with Crippen LogP contribution in [0.5, 0.6) is 11.5 Å². The van der Waals surface area contributed by atoms with Crippen molar-refractivity contribution in [2.75, 3.05) is 0 Å². The lowest BCUT2D eigenvalue weighted by molar-refractivity contribution is 0.142. The summed E-state index contributed by atoms with van der Waals surface area (Å²) in [4.78, 5) is 10.9. The summed E-state index contributed by atoms with van der Waals surface area (Å²) in [5, 5.41) is 19.4. The lowest BCUT2D eigenvalue weighted by Gasteiger charge is -2.23. The molecule has 0 aromatic heterocycles.